The third-order valence-electron chi connectivity index (χ3n) is 5.12. The Bertz CT molecular complexity index is 1280. The summed E-state index contributed by atoms with van der Waals surface area (Å²) in [7, 11) is 0. The van der Waals surface area contributed by atoms with Gasteiger partial charge in [0.25, 0.3) is 11.1 Å². The summed E-state index contributed by atoms with van der Waals surface area (Å²) in [4.78, 5) is 27.0. The molecule has 2 amide bonds. The van der Waals surface area contributed by atoms with Crippen molar-refractivity contribution in [1.29, 1.82) is 0 Å². The first-order valence-corrected chi connectivity index (χ1v) is 12.8. The molecule has 36 heavy (non-hydrogen) atoms. The molecule has 0 bridgehead atoms. The van der Waals surface area contributed by atoms with E-state index < -0.39 is 0 Å². The number of amides is 2. The third-order valence-corrected chi connectivity index (χ3v) is 6.76. The average molecular weight is 544 g/mol. The summed E-state index contributed by atoms with van der Waals surface area (Å²) in [5.74, 6) is 1.52. The van der Waals surface area contributed by atoms with Crippen LogP contribution in [0.1, 0.15) is 18.1 Å². The Balaban J connectivity index is 1.42. The zero-order valence-electron chi connectivity index (χ0n) is 19.4. The van der Waals surface area contributed by atoms with Crippen LogP contribution in [-0.2, 0) is 11.3 Å². The van der Waals surface area contributed by atoms with Crippen LogP contribution in [0.15, 0.2) is 71.6 Å². The average Bonchev–Trinajstić information content (AvgIpc) is 3.13. The van der Waals surface area contributed by atoms with Crippen molar-refractivity contribution in [2.45, 2.75) is 13.5 Å². The van der Waals surface area contributed by atoms with E-state index in [9.17, 15) is 9.59 Å². The molecule has 1 saturated heterocycles. The van der Waals surface area contributed by atoms with E-state index in [0.717, 1.165) is 17.5 Å². The van der Waals surface area contributed by atoms with E-state index in [1.807, 2.05) is 43.3 Å². The number of halogens is 2. The van der Waals surface area contributed by atoms with Gasteiger partial charge in [0.05, 0.1) is 28.1 Å². The van der Waals surface area contributed by atoms with E-state index in [4.69, 9.17) is 37.4 Å². The van der Waals surface area contributed by atoms with Crippen molar-refractivity contribution >= 4 is 52.2 Å². The van der Waals surface area contributed by atoms with Gasteiger partial charge in [0, 0.05) is 0 Å². The molecule has 9 heteroatoms. The molecule has 1 heterocycles. The van der Waals surface area contributed by atoms with Gasteiger partial charge >= 0.3 is 0 Å². The second-order valence-corrected chi connectivity index (χ2v) is 9.47. The molecule has 0 spiro atoms. The molecular weight excluding hydrogens is 521 g/mol. The number of imide groups is 1. The molecule has 0 atom stereocenters. The molecule has 1 aliphatic rings. The van der Waals surface area contributed by atoms with Crippen molar-refractivity contribution in [3.63, 3.8) is 0 Å². The lowest BCUT2D eigenvalue weighted by Gasteiger charge is -2.14. The Hall–Kier alpha value is -3.13. The second-order valence-electron chi connectivity index (χ2n) is 7.67. The van der Waals surface area contributed by atoms with Gasteiger partial charge in [-0.05, 0) is 72.3 Å². The zero-order valence-corrected chi connectivity index (χ0v) is 21.7. The molecule has 3 aromatic carbocycles. The number of rotatable bonds is 10. The summed E-state index contributed by atoms with van der Waals surface area (Å²) < 4.78 is 17.3. The normalized spacial score (nSPS) is 14.4. The SMILES string of the molecule is CCOc1cc(/C=C2\SC(=O)N(Cc3ccc(Cl)c(Cl)c3)C2=O)ccc1OCCOc1ccccc1. The van der Waals surface area contributed by atoms with Crippen LogP contribution in [0.25, 0.3) is 6.08 Å². The van der Waals surface area contributed by atoms with Gasteiger partial charge in [-0.2, -0.15) is 0 Å². The highest BCUT2D eigenvalue weighted by molar-refractivity contribution is 8.18. The topological polar surface area (TPSA) is 65.1 Å². The van der Waals surface area contributed by atoms with Crippen LogP contribution in [0.3, 0.4) is 0 Å². The van der Waals surface area contributed by atoms with Gasteiger partial charge in [-0.15, -0.1) is 0 Å². The van der Waals surface area contributed by atoms with Crippen molar-refractivity contribution in [1.82, 2.24) is 4.90 Å². The fraction of sp³-hybridized carbons (Fsp3) is 0.185. The molecule has 1 aliphatic heterocycles. The van der Waals surface area contributed by atoms with E-state index >= 15 is 0 Å². The Morgan fingerprint density at radius 2 is 1.64 bits per heavy atom. The molecule has 0 radical (unpaired) electrons. The van der Waals surface area contributed by atoms with Crippen LogP contribution < -0.4 is 14.2 Å². The minimum atomic E-state index is -0.368. The fourth-order valence-electron chi connectivity index (χ4n) is 3.44. The van der Waals surface area contributed by atoms with Crippen LogP contribution >= 0.6 is 35.0 Å². The van der Waals surface area contributed by atoms with Crippen LogP contribution in [0.4, 0.5) is 4.79 Å². The minimum absolute atomic E-state index is 0.112. The summed E-state index contributed by atoms with van der Waals surface area (Å²) in [6.45, 7) is 3.15. The molecular formula is C27H23Cl2NO5S. The highest BCUT2D eigenvalue weighted by Crippen LogP contribution is 2.36. The number of nitrogens with zero attached hydrogens (tertiary/aromatic N) is 1. The van der Waals surface area contributed by atoms with Gasteiger partial charge in [0.15, 0.2) is 11.5 Å². The summed E-state index contributed by atoms with van der Waals surface area (Å²) in [5.41, 5.74) is 1.43. The number of hydrogen-bond donors (Lipinski definition) is 0. The van der Waals surface area contributed by atoms with Gasteiger partial charge in [0.1, 0.15) is 19.0 Å². The number of carbonyl (C=O) groups is 2. The van der Waals surface area contributed by atoms with E-state index in [1.165, 1.54) is 4.90 Å². The fourth-order valence-corrected chi connectivity index (χ4v) is 4.60. The molecule has 0 unspecified atom stereocenters. The second kappa shape index (κ2) is 12.2. The van der Waals surface area contributed by atoms with Crippen LogP contribution in [-0.4, -0.2) is 35.9 Å². The third kappa shape index (κ3) is 6.55. The monoisotopic (exact) mass is 543 g/mol. The van der Waals surface area contributed by atoms with E-state index in [2.05, 4.69) is 0 Å². The lowest BCUT2D eigenvalue weighted by Crippen LogP contribution is -2.27. The lowest BCUT2D eigenvalue weighted by molar-refractivity contribution is -0.123. The number of thioether (sulfide) groups is 1. The van der Waals surface area contributed by atoms with Crippen molar-refractivity contribution in [2.75, 3.05) is 19.8 Å². The highest BCUT2D eigenvalue weighted by atomic mass is 35.5. The Morgan fingerprint density at radius 3 is 2.39 bits per heavy atom. The lowest BCUT2D eigenvalue weighted by atomic mass is 10.1. The first-order chi connectivity index (χ1) is 17.4. The molecule has 0 aromatic heterocycles. The number of carbonyl (C=O) groups excluding carboxylic acids is 2. The Kier molecular flexibility index (Phi) is 8.80. The molecule has 4 rings (SSSR count). The number of para-hydroxylation sites is 1. The quantitative estimate of drug-likeness (QED) is 0.201. The molecule has 0 saturated carbocycles. The number of hydrogen-bond acceptors (Lipinski definition) is 6. The van der Waals surface area contributed by atoms with Crippen LogP contribution in [0.2, 0.25) is 10.0 Å². The van der Waals surface area contributed by atoms with Gasteiger partial charge in [-0.1, -0.05) is 53.5 Å². The predicted molar refractivity (Wildman–Crippen MR) is 143 cm³/mol. The van der Waals surface area contributed by atoms with Gasteiger partial charge in [-0.25, -0.2) is 0 Å². The zero-order chi connectivity index (χ0) is 25.5. The first kappa shape index (κ1) is 25.9. The molecule has 3 aromatic rings. The van der Waals surface area contributed by atoms with Gasteiger partial charge < -0.3 is 14.2 Å². The summed E-state index contributed by atoms with van der Waals surface area (Å²) in [5, 5.41) is 0.436. The minimum Gasteiger partial charge on any atom is -0.490 e. The summed E-state index contributed by atoms with van der Waals surface area (Å²) in [6.07, 6.45) is 1.67. The Labute approximate surface area is 223 Å². The first-order valence-electron chi connectivity index (χ1n) is 11.2. The van der Waals surface area contributed by atoms with Crippen molar-refractivity contribution < 1.29 is 23.8 Å². The maximum atomic E-state index is 12.9. The van der Waals surface area contributed by atoms with Gasteiger partial charge in [0.2, 0.25) is 0 Å². The number of benzene rings is 3. The molecule has 0 aliphatic carbocycles. The van der Waals surface area contributed by atoms with Crippen LogP contribution in [0.5, 0.6) is 17.2 Å². The van der Waals surface area contributed by atoms with Gasteiger partial charge in [-0.3, -0.25) is 14.5 Å². The molecule has 0 N–H and O–H groups in total. The molecule has 1 fully saturated rings. The largest absolute Gasteiger partial charge is 0.490 e. The van der Waals surface area contributed by atoms with Crippen molar-refractivity contribution in [2.24, 2.45) is 0 Å². The van der Waals surface area contributed by atoms with E-state index in [0.29, 0.717) is 57.4 Å². The van der Waals surface area contributed by atoms with Crippen molar-refractivity contribution in [3.05, 3.63) is 92.8 Å². The summed E-state index contributed by atoms with van der Waals surface area (Å²) in [6, 6.07) is 19.9. The van der Waals surface area contributed by atoms with E-state index in [-0.39, 0.29) is 17.7 Å². The summed E-state index contributed by atoms with van der Waals surface area (Å²) >= 11 is 12.9. The maximum Gasteiger partial charge on any atom is 0.293 e. The Morgan fingerprint density at radius 1 is 0.861 bits per heavy atom. The maximum absolute atomic E-state index is 12.9. The molecule has 186 valence electrons. The molecule has 6 nitrogen and oxygen atoms in total. The standard InChI is InChI=1S/C27H23Cl2NO5S/c1-2-33-24-15-18(9-11-23(24)35-13-12-34-20-6-4-3-5-7-20)16-25-26(31)30(27(32)36-25)17-19-8-10-21(28)22(29)14-19/h3-11,14-16H,2,12-13,17H2,1H3/b25-16-. The predicted octanol–water partition coefficient (Wildman–Crippen LogP) is 7.09. The van der Waals surface area contributed by atoms with Crippen molar-refractivity contribution in [3.8, 4) is 17.2 Å². The highest BCUT2D eigenvalue weighted by Gasteiger charge is 2.35. The smallest absolute Gasteiger partial charge is 0.293 e. The van der Waals surface area contributed by atoms with E-state index in [1.54, 1.807) is 36.4 Å². The number of ether oxygens (including phenoxy) is 3. The van der Waals surface area contributed by atoms with Crippen LogP contribution in [0, 0.1) is 0 Å².